The minimum absolute atomic E-state index is 0.217. The van der Waals surface area contributed by atoms with E-state index in [1.165, 1.54) is 30.8 Å². The van der Waals surface area contributed by atoms with Crippen LogP contribution in [0.4, 0.5) is 14.6 Å². The molecule has 0 bridgehead atoms. The van der Waals surface area contributed by atoms with Crippen LogP contribution in [0.5, 0.6) is 0 Å². The third-order valence-electron chi connectivity index (χ3n) is 3.63. The number of hydrogen-bond acceptors (Lipinski definition) is 5. The van der Waals surface area contributed by atoms with E-state index in [1.54, 1.807) is 18.3 Å². The number of halogens is 2. The fourth-order valence-corrected chi connectivity index (χ4v) is 2.52. The first-order valence-electron chi connectivity index (χ1n) is 7.79. The first kappa shape index (κ1) is 17.9. The highest BCUT2D eigenvalue weighted by atomic mass is 19.3. The molecule has 7 nitrogen and oxygen atoms in total. The summed E-state index contributed by atoms with van der Waals surface area (Å²) in [4.78, 5) is 19.5. The molecule has 0 spiro atoms. The molecule has 26 heavy (non-hydrogen) atoms. The SMILES string of the molecule is COCc1nn(-c2cccc(C(C)(F)F)n2)c2cc(NC(C)=O)ncc12. The van der Waals surface area contributed by atoms with Gasteiger partial charge in [0.25, 0.3) is 5.92 Å². The molecule has 3 aromatic rings. The Hall–Kier alpha value is -2.94. The number of fused-ring (bicyclic) bond motifs is 1. The summed E-state index contributed by atoms with van der Waals surface area (Å²) in [6.45, 7) is 2.37. The molecular weight excluding hydrogens is 344 g/mol. The molecule has 0 aromatic carbocycles. The summed E-state index contributed by atoms with van der Waals surface area (Å²) in [5.41, 5.74) is 0.794. The summed E-state index contributed by atoms with van der Waals surface area (Å²) in [5.74, 6) is -2.79. The Balaban J connectivity index is 2.19. The van der Waals surface area contributed by atoms with Crippen molar-refractivity contribution >= 4 is 22.6 Å². The second kappa shape index (κ2) is 6.75. The number of aromatic nitrogens is 4. The van der Waals surface area contributed by atoms with Crippen LogP contribution in [-0.4, -0.2) is 32.8 Å². The topological polar surface area (TPSA) is 81.9 Å². The standard InChI is InChI=1S/C17H17F2N5O2/c1-10(25)21-15-7-13-11(8-20-15)12(9-26-3)23-24(13)16-6-4-5-14(22-16)17(2,18)19/h4-8H,9H2,1-3H3,(H,20,21,25). The smallest absolute Gasteiger partial charge is 0.287 e. The Bertz CT molecular complexity index is 965. The maximum Gasteiger partial charge on any atom is 0.287 e. The zero-order valence-electron chi connectivity index (χ0n) is 14.5. The first-order valence-corrected chi connectivity index (χ1v) is 7.79. The molecule has 0 aliphatic carbocycles. The van der Waals surface area contributed by atoms with E-state index in [-0.39, 0.29) is 24.0 Å². The average molecular weight is 361 g/mol. The molecule has 0 atom stereocenters. The summed E-state index contributed by atoms with van der Waals surface area (Å²) >= 11 is 0. The summed E-state index contributed by atoms with van der Waals surface area (Å²) in [6.07, 6.45) is 1.55. The maximum absolute atomic E-state index is 13.6. The number of methoxy groups -OCH3 is 1. The Morgan fingerprint density at radius 2 is 2.15 bits per heavy atom. The van der Waals surface area contributed by atoms with Gasteiger partial charge in [0, 0.05) is 38.6 Å². The predicted molar refractivity (Wildman–Crippen MR) is 91.2 cm³/mol. The summed E-state index contributed by atoms with van der Waals surface area (Å²) in [7, 11) is 1.53. The van der Waals surface area contributed by atoms with Gasteiger partial charge in [-0.1, -0.05) is 6.07 Å². The largest absolute Gasteiger partial charge is 0.378 e. The maximum atomic E-state index is 13.6. The molecule has 0 saturated heterocycles. The Labute approximate surface area is 148 Å². The summed E-state index contributed by atoms with van der Waals surface area (Å²) in [6, 6.07) is 5.95. The van der Waals surface area contributed by atoms with E-state index in [0.29, 0.717) is 22.4 Å². The van der Waals surface area contributed by atoms with Crippen molar-refractivity contribution in [2.45, 2.75) is 26.4 Å². The van der Waals surface area contributed by atoms with Crippen LogP contribution in [0.15, 0.2) is 30.5 Å². The minimum atomic E-state index is -3.07. The molecule has 9 heteroatoms. The van der Waals surface area contributed by atoms with Gasteiger partial charge in [-0.25, -0.2) is 14.6 Å². The number of anilines is 1. The molecule has 3 rings (SSSR count). The number of rotatable bonds is 5. The van der Waals surface area contributed by atoms with Crippen LogP contribution < -0.4 is 5.32 Å². The molecule has 0 aliphatic rings. The number of carbonyl (C=O) groups excluding carboxylic acids is 1. The van der Waals surface area contributed by atoms with Crippen LogP contribution >= 0.6 is 0 Å². The van der Waals surface area contributed by atoms with Crippen LogP contribution in [0.1, 0.15) is 25.2 Å². The minimum Gasteiger partial charge on any atom is -0.378 e. The van der Waals surface area contributed by atoms with Gasteiger partial charge in [-0.05, 0) is 12.1 Å². The van der Waals surface area contributed by atoms with Crippen LogP contribution in [-0.2, 0) is 22.1 Å². The van der Waals surface area contributed by atoms with Crippen molar-refractivity contribution in [2.75, 3.05) is 12.4 Å². The van der Waals surface area contributed by atoms with Crippen molar-refractivity contribution < 1.29 is 18.3 Å². The van der Waals surface area contributed by atoms with Crippen LogP contribution in [0.2, 0.25) is 0 Å². The highest BCUT2D eigenvalue weighted by Gasteiger charge is 2.26. The summed E-state index contributed by atoms with van der Waals surface area (Å²) in [5, 5.41) is 7.69. The van der Waals surface area contributed by atoms with Crippen LogP contribution in [0.3, 0.4) is 0 Å². The van der Waals surface area contributed by atoms with Gasteiger partial charge in [-0.3, -0.25) is 4.79 Å². The van der Waals surface area contributed by atoms with Crippen molar-refractivity contribution in [2.24, 2.45) is 0 Å². The van der Waals surface area contributed by atoms with Crippen LogP contribution in [0.25, 0.3) is 16.7 Å². The molecule has 0 saturated carbocycles. The average Bonchev–Trinajstić information content (AvgIpc) is 2.92. The molecule has 0 unspecified atom stereocenters. The zero-order valence-corrected chi connectivity index (χ0v) is 14.5. The first-order chi connectivity index (χ1) is 12.3. The van der Waals surface area contributed by atoms with Crippen molar-refractivity contribution in [3.63, 3.8) is 0 Å². The molecule has 1 N–H and O–H groups in total. The monoisotopic (exact) mass is 361 g/mol. The molecule has 3 aromatic heterocycles. The zero-order chi connectivity index (χ0) is 18.9. The number of alkyl halides is 2. The number of pyridine rings is 2. The number of ether oxygens (including phenoxy) is 1. The van der Waals surface area contributed by atoms with Gasteiger partial charge in [0.2, 0.25) is 5.91 Å². The van der Waals surface area contributed by atoms with Crippen LogP contribution in [0, 0.1) is 0 Å². The molecule has 0 aliphatic heterocycles. The van der Waals surface area contributed by atoms with Crippen molar-refractivity contribution in [3.05, 3.63) is 41.9 Å². The van der Waals surface area contributed by atoms with Gasteiger partial charge in [-0.15, -0.1) is 0 Å². The quantitative estimate of drug-likeness (QED) is 0.755. The predicted octanol–water partition coefficient (Wildman–Crippen LogP) is 3.03. The molecule has 0 radical (unpaired) electrons. The van der Waals surface area contributed by atoms with E-state index in [2.05, 4.69) is 20.4 Å². The number of nitrogens with zero attached hydrogens (tertiary/aromatic N) is 4. The van der Waals surface area contributed by atoms with E-state index in [4.69, 9.17) is 4.74 Å². The fraction of sp³-hybridized carbons (Fsp3) is 0.294. The summed E-state index contributed by atoms with van der Waals surface area (Å²) < 4.78 is 33.8. The number of carbonyl (C=O) groups is 1. The second-order valence-electron chi connectivity index (χ2n) is 5.83. The van der Waals surface area contributed by atoms with Crippen molar-refractivity contribution in [1.29, 1.82) is 0 Å². The van der Waals surface area contributed by atoms with E-state index in [0.717, 1.165) is 6.92 Å². The molecule has 3 heterocycles. The number of hydrogen-bond donors (Lipinski definition) is 1. The lowest BCUT2D eigenvalue weighted by Crippen LogP contribution is -2.12. The molecular formula is C17H17F2N5O2. The van der Waals surface area contributed by atoms with E-state index in [9.17, 15) is 13.6 Å². The Morgan fingerprint density at radius 3 is 2.81 bits per heavy atom. The van der Waals surface area contributed by atoms with Gasteiger partial charge < -0.3 is 10.1 Å². The van der Waals surface area contributed by atoms with Gasteiger partial charge >= 0.3 is 0 Å². The van der Waals surface area contributed by atoms with E-state index >= 15 is 0 Å². The van der Waals surface area contributed by atoms with Crippen molar-refractivity contribution in [1.82, 2.24) is 19.7 Å². The Morgan fingerprint density at radius 1 is 1.38 bits per heavy atom. The Kier molecular flexibility index (Phi) is 4.64. The molecule has 1 amide bonds. The van der Waals surface area contributed by atoms with Gasteiger partial charge in [-0.2, -0.15) is 13.9 Å². The highest BCUT2D eigenvalue weighted by molar-refractivity contribution is 5.91. The third kappa shape index (κ3) is 3.52. The van der Waals surface area contributed by atoms with Gasteiger partial charge in [0.15, 0.2) is 5.82 Å². The number of amides is 1. The van der Waals surface area contributed by atoms with E-state index in [1.807, 2.05) is 0 Å². The molecule has 136 valence electrons. The van der Waals surface area contributed by atoms with Gasteiger partial charge in [0.05, 0.1) is 17.8 Å². The van der Waals surface area contributed by atoms with Gasteiger partial charge in [0.1, 0.15) is 11.5 Å². The normalized spacial score (nSPS) is 11.7. The van der Waals surface area contributed by atoms with E-state index < -0.39 is 5.92 Å². The highest BCUT2D eigenvalue weighted by Crippen LogP contribution is 2.28. The lowest BCUT2D eigenvalue weighted by Gasteiger charge is -2.11. The lowest BCUT2D eigenvalue weighted by atomic mass is 10.2. The number of nitrogens with one attached hydrogen (secondary N) is 1. The van der Waals surface area contributed by atoms with Crippen molar-refractivity contribution in [3.8, 4) is 5.82 Å². The third-order valence-corrected chi connectivity index (χ3v) is 3.63. The fourth-order valence-electron chi connectivity index (χ4n) is 2.52. The second-order valence-corrected chi connectivity index (χ2v) is 5.83. The lowest BCUT2D eigenvalue weighted by molar-refractivity contribution is -0.114. The molecule has 0 fully saturated rings.